The van der Waals surface area contributed by atoms with E-state index in [1.54, 1.807) is 28.8 Å². The number of rotatable bonds is 12. The van der Waals surface area contributed by atoms with Gasteiger partial charge in [-0.05, 0) is 62.9 Å². The number of ether oxygens (including phenoxy) is 1. The van der Waals surface area contributed by atoms with Crippen LogP contribution in [-0.2, 0) is 31.5 Å². The first-order valence-corrected chi connectivity index (χ1v) is 13.7. The van der Waals surface area contributed by atoms with Gasteiger partial charge in [-0.1, -0.05) is 30.3 Å². The number of carbonyl (C=O) groups excluding carboxylic acids is 1. The molecule has 0 saturated carbocycles. The number of hydrogen-bond acceptors (Lipinski definition) is 7. The maximum atomic E-state index is 13.6. The van der Waals surface area contributed by atoms with Crippen LogP contribution in [-0.4, -0.2) is 53.5 Å². The third kappa shape index (κ3) is 7.47. The second-order valence-electron chi connectivity index (χ2n) is 9.27. The average molecular weight is 533 g/mol. The number of nitrogens with zero attached hydrogens (tertiary/aromatic N) is 2. The number of aliphatic hydroxyl groups excluding tert-OH is 2. The van der Waals surface area contributed by atoms with E-state index in [-0.39, 0.29) is 42.6 Å². The molecule has 0 bridgehead atoms. The van der Waals surface area contributed by atoms with Gasteiger partial charge >= 0.3 is 5.97 Å². The molecule has 2 atom stereocenters. The molecule has 0 unspecified atom stereocenters. The third-order valence-electron chi connectivity index (χ3n) is 5.98. The summed E-state index contributed by atoms with van der Waals surface area (Å²) in [5, 5.41) is 20.5. The van der Waals surface area contributed by atoms with Crippen molar-refractivity contribution in [2.45, 2.75) is 68.7 Å². The van der Waals surface area contributed by atoms with E-state index in [0.717, 1.165) is 0 Å². The van der Waals surface area contributed by atoms with Gasteiger partial charge in [0.1, 0.15) is 5.82 Å². The van der Waals surface area contributed by atoms with Crippen molar-refractivity contribution < 1.29 is 32.6 Å². The lowest BCUT2D eigenvalue weighted by molar-refractivity contribution is -0.143. The Morgan fingerprint density at radius 1 is 1.05 bits per heavy atom. The molecule has 0 fully saturated rings. The Hall–Kier alpha value is -3.08. The van der Waals surface area contributed by atoms with Gasteiger partial charge in [0.25, 0.3) is 0 Å². The zero-order valence-corrected chi connectivity index (χ0v) is 22.0. The monoisotopic (exact) mass is 532 g/mol. The van der Waals surface area contributed by atoms with Gasteiger partial charge < -0.3 is 19.5 Å². The molecule has 8 nitrogen and oxygen atoms in total. The lowest BCUT2D eigenvalue weighted by Crippen LogP contribution is -2.22. The van der Waals surface area contributed by atoms with Crippen LogP contribution in [0.25, 0.3) is 11.3 Å². The number of aromatic nitrogens is 2. The molecule has 3 rings (SSSR count). The van der Waals surface area contributed by atoms with Crippen molar-refractivity contribution in [1.29, 1.82) is 0 Å². The Morgan fingerprint density at radius 3 is 2.30 bits per heavy atom. The molecule has 37 heavy (non-hydrogen) atoms. The van der Waals surface area contributed by atoms with E-state index in [1.165, 1.54) is 31.4 Å². The smallest absolute Gasteiger partial charge is 0.308 e. The summed E-state index contributed by atoms with van der Waals surface area (Å²) in [6.45, 7) is 3.69. The maximum absolute atomic E-state index is 13.6. The van der Waals surface area contributed by atoms with Crippen LogP contribution >= 0.6 is 0 Å². The highest BCUT2D eigenvalue weighted by atomic mass is 32.2. The summed E-state index contributed by atoms with van der Waals surface area (Å²) in [7, 11) is -2.64. The third-order valence-corrected chi connectivity index (χ3v) is 7.54. The summed E-state index contributed by atoms with van der Waals surface area (Å²) in [6.07, 6.45) is -1.89. The molecule has 0 aliphatic rings. The van der Waals surface area contributed by atoms with Crippen LogP contribution in [0, 0.1) is 5.82 Å². The van der Waals surface area contributed by atoms with Gasteiger partial charge in [0.15, 0.2) is 0 Å². The first-order chi connectivity index (χ1) is 17.5. The van der Waals surface area contributed by atoms with Gasteiger partial charge in [-0.15, -0.1) is 0 Å². The van der Waals surface area contributed by atoms with Gasteiger partial charge in [0.05, 0.1) is 37.2 Å². The van der Waals surface area contributed by atoms with Crippen LogP contribution in [0.1, 0.15) is 50.4 Å². The van der Waals surface area contributed by atoms with Gasteiger partial charge in [0.2, 0.25) is 15.0 Å². The number of carbonyl (C=O) groups is 1. The zero-order valence-electron chi connectivity index (χ0n) is 21.2. The largest absolute Gasteiger partial charge is 0.469 e. The zero-order chi connectivity index (χ0) is 27.2. The molecule has 3 aromatic rings. The molecule has 1 aromatic heterocycles. The number of methoxy groups -OCH3 is 1. The average Bonchev–Trinajstić information content (AvgIpc) is 3.24. The van der Waals surface area contributed by atoms with Gasteiger partial charge in [-0.3, -0.25) is 4.79 Å². The van der Waals surface area contributed by atoms with Crippen LogP contribution in [0.3, 0.4) is 0 Å². The number of halogens is 1. The number of aliphatic hydroxyl groups is 2. The molecule has 0 radical (unpaired) electrons. The van der Waals surface area contributed by atoms with Crippen molar-refractivity contribution in [2.75, 3.05) is 7.11 Å². The molecule has 0 spiro atoms. The molecule has 0 saturated heterocycles. The van der Waals surface area contributed by atoms with E-state index in [0.29, 0.717) is 22.5 Å². The van der Waals surface area contributed by atoms with Crippen LogP contribution in [0.15, 0.2) is 59.8 Å². The van der Waals surface area contributed by atoms with Crippen LogP contribution in [0.5, 0.6) is 0 Å². The Morgan fingerprint density at radius 2 is 1.70 bits per heavy atom. The Bertz CT molecular complexity index is 1290. The normalized spacial score (nSPS) is 13.5. The molecular formula is C27H33FN2O6S. The SMILES string of the molecule is COC(=O)C[C@H](O)C[C@H](O)CCc1c(-c2ccc(F)cc2)nc(S(=O)(=O)Cc2ccccc2)n1C(C)C. The molecule has 0 aliphatic carbocycles. The molecular weight excluding hydrogens is 499 g/mol. The summed E-state index contributed by atoms with van der Waals surface area (Å²) in [4.78, 5) is 15.9. The van der Waals surface area contributed by atoms with E-state index in [1.807, 2.05) is 19.9 Å². The minimum atomic E-state index is -3.86. The van der Waals surface area contributed by atoms with Crippen molar-refractivity contribution in [3.05, 3.63) is 71.7 Å². The molecule has 200 valence electrons. The second-order valence-corrected chi connectivity index (χ2v) is 11.2. The minimum absolute atomic E-state index is 0.0457. The first kappa shape index (κ1) is 28.5. The minimum Gasteiger partial charge on any atom is -0.469 e. The predicted molar refractivity (Wildman–Crippen MR) is 137 cm³/mol. The summed E-state index contributed by atoms with van der Waals surface area (Å²) >= 11 is 0. The Balaban J connectivity index is 1.98. The highest BCUT2D eigenvalue weighted by molar-refractivity contribution is 7.90. The lowest BCUT2D eigenvalue weighted by atomic mass is 10.0. The number of hydrogen-bond donors (Lipinski definition) is 2. The van der Waals surface area contributed by atoms with Crippen molar-refractivity contribution in [1.82, 2.24) is 9.55 Å². The maximum Gasteiger partial charge on any atom is 0.308 e. The Labute approximate surface area is 216 Å². The molecule has 0 aliphatic heterocycles. The highest BCUT2D eigenvalue weighted by Crippen LogP contribution is 2.32. The number of sulfone groups is 1. The van der Waals surface area contributed by atoms with Crippen molar-refractivity contribution in [2.24, 2.45) is 0 Å². The highest BCUT2D eigenvalue weighted by Gasteiger charge is 2.29. The predicted octanol–water partition coefficient (Wildman–Crippen LogP) is 3.85. The van der Waals surface area contributed by atoms with Gasteiger partial charge in [0, 0.05) is 17.3 Å². The fourth-order valence-corrected chi connectivity index (χ4v) is 5.84. The summed E-state index contributed by atoms with van der Waals surface area (Å²) in [5.74, 6) is -1.24. The van der Waals surface area contributed by atoms with Gasteiger partial charge in [-0.25, -0.2) is 17.8 Å². The molecule has 2 N–H and O–H groups in total. The van der Waals surface area contributed by atoms with Crippen LogP contribution in [0.2, 0.25) is 0 Å². The molecule has 2 aromatic carbocycles. The van der Waals surface area contributed by atoms with E-state index < -0.39 is 33.8 Å². The fourth-order valence-electron chi connectivity index (χ4n) is 4.23. The molecule has 1 heterocycles. The molecule has 10 heteroatoms. The van der Waals surface area contributed by atoms with Crippen LogP contribution < -0.4 is 0 Å². The van der Waals surface area contributed by atoms with Crippen molar-refractivity contribution in [3.63, 3.8) is 0 Å². The van der Waals surface area contributed by atoms with E-state index in [4.69, 9.17) is 0 Å². The Kier molecular flexibility index (Phi) is 9.58. The van der Waals surface area contributed by atoms with E-state index in [2.05, 4.69) is 9.72 Å². The topological polar surface area (TPSA) is 119 Å². The van der Waals surface area contributed by atoms with Crippen molar-refractivity contribution in [3.8, 4) is 11.3 Å². The quantitative estimate of drug-likeness (QED) is 0.340. The lowest BCUT2D eigenvalue weighted by Gasteiger charge is -2.19. The van der Waals surface area contributed by atoms with Gasteiger partial charge in [-0.2, -0.15) is 0 Å². The number of imidazole rings is 1. The number of benzene rings is 2. The standard InChI is InChI=1S/C27H33FN2O6S/c1-18(2)30-24(14-13-22(31)15-23(32)16-25(33)36-3)26(20-9-11-21(28)12-10-20)29-27(30)37(34,35)17-19-7-5-4-6-8-19/h4-12,18,22-23,31-32H,13-17H2,1-3H3/t22-,23-/m1/s1. The van der Waals surface area contributed by atoms with E-state index in [9.17, 15) is 27.8 Å². The molecule has 0 amide bonds. The first-order valence-electron chi connectivity index (χ1n) is 12.1. The summed E-state index contributed by atoms with van der Waals surface area (Å²) in [6, 6.07) is 14.2. The van der Waals surface area contributed by atoms with Crippen LogP contribution in [0.4, 0.5) is 4.39 Å². The second kappa shape index (κ2) is 12.4. The fraction of sp³-hybridized carbons (Fsp3) is 0.407. The number of esters is 1. The summed E-state index contributed by atoms with van der Waals surface area (Å²) < 4.78 is 46.9. The summed E-state index contributed by atoms with van der Waals surface area (Å²) in [5.41, 5.74) is 2.14. The van der Waals surface area contributed by atoms with Crippen molar-refractivity contribution >= 4 is 15.8 Å². The van der Waals surface area contributed by atoms with E-state index >= 15 is 0 Å².